The predicted molar refractivity (Wildman–Crippen MR) is 76.8 cm³/mol. The molecule has 2 aromatic heterocycles. The minimum atomic E-state index is -0.338. The number of nitrogens with zero attached hydrogens (tertiary/aromatic N) is 6. The van der Waals surface area contributed by atoms with Gasteiger partial charge in [-0.2, -0.15) is 20.1 Å². The first-order chi connectivity index (χ1) is 10.2. The molecule has 1 aliphatic heterocycles. The molecule has 2 atom stereocenters. The lowest BCUT2D eigenvalue weighted by Gasteiger charge is -2.18. The molecule has 2 unspecified atom stereocenters. The first-order valence-corrected chi connectivity index (χ1v) is 6.83. The van der Waals surface area contributed by atoms with E-state index in [1.165, 1.54) is 0 Å². The summed E-state index contributed by atoms with van der Waals surface area (Å²) < 4.78 is 1.55. The summed E-state index contributed by atoms with van der Waals surface area (Å²) in [5, 5.41) is 13.8. The smallest absolute Gasteiger partial charge is 0.257 e. The molecule has 0 amide bonds. The largest absolute Gasteiger partial charge is 0.393 e. The average molecular weight is 290 g/mol. The molecule has 112 valence electrons. The summed E-state index contributed by atoms with van der Waals surface area (Å²) in [5.74, 6) is 6.87. The second-order valence-corrected chi connectivity index (χ2v) is 5.09. The van der Waals surface area contributed by atoms with Crippen molar-refractivity contribution in [3.8, 4) is 5.95 Å². The van der Waals surface area contributed by atoms with Crippen LogP contribution in [-0.4, -0.2) is 49.0 Å². The highest BCUT2D eigenvalue weighted by atomic mass is 16.3. The lowest BCUT2D eigenvalue weighted by Crippen LogP contribution is -2.27. The van der Waals surface area contributed by atoms with Crippen LogP contribution in [0.2, 0.25) is 0 Å². The third-order valence-electron chi connectivity index (χ3n) is 3.64. The van der Waals surface area contributed by atoms with Gasteiger partial charge in [0.25, 0.3) is 5.95 Å². The number of anilines is 2. The molecule has 3 rings (SSSR count). The molecule has 0 aromatic carbocycles. The van der Waals surface area contributed by atoms with E-state index in [-0.39, 0.29) is 18.0 Å². The van der Waals surface area contributed by atoms with Crippen LogP contribution in [0.15, 0.2) is 18.5 Å². The Balaban J connectivity index is 1.90. The van der Waals surface area contributed by atoms with Crippen LogP contribution in [0.5, 0.6) is 0 Å². The second-order valence-electron chi connectivity index (χ2n) is 5.09. The number of nitrogens with two attached hydrogens (primary N) is 1. The van der Waals surface area contributed by atoms with Crippen LogP contribution in [0.1, 0.15) is 13.3 Å². The van der Waals surface area contributed by atoms with Gasteiger partial charge in [-0.05, 0) is 19.4 Å². The highest BCUT2D eigenvalue weighted by molar-refractivity contribution is 5.40. The summed E-state index contributed by atoms with van der Waals surface area (Å²) in [7, 11) is 0. The number of hydrazine groups is 1. The van der Waals surface area contributed by atoms with Gasteiger partial charge in [0, 0.05) is 31.4 Å². The van der Waals surface area contributed by atoms with E-state index in [2.05, 4.69) is 25.5 Å². The molecule has 4 N–H and O–H groups in total. The number of rotatable bonds is 4. The third-order valence-corrected chi connectivity index (χ3v) is 3.64. The molecular formula is C12H18N8O. The van der Waals surface area contributed by atoms with Crippen molar-refractivity contribution in [3.63, 3.8) is 0 Å². The summed E-state index contributed by atoms with van der Waals surface area (Å²) >= 11 is 0. The fourth-order valence-corrected chi connectivity index (χ4v) is 2.41. The fraction of sp³-hybridized carbons (Fsp3) is 0.500. The highest BCUT2D eigenvalue weighted by Crippen LogP contribution is 2.24. The topological polar surface area (TPSA) is 118 Å². The van der Waals surface area contributed by atoms with E-state index < -0.39 is 0 Å². The van der Waals surface area contributed by atoms with Gasteiger partial charge in [0.1, 0.15) is 0 Å². The summed E-state index contributed by atoms with van der Waals surface area (Å²) in [4.78, 5) is 14.9. The Bertz CT molecular complexity index is 599. The van der Waals surface area contributed by atoms with Gasteiger partial charge in [0.05, 0.1) is 6.10 Å². The third kappa shape index (κ3) is 2.78. The zero-order valence-corrected chi connectivity index (χ0v) is 11.7. The van der Waals surface area contributed by atoms with Crippen molar-refractivity contribution in [2.75, 3.05) is 23.4 Å². The van der Waals surface area contributed by atoms with Crippen molar-refractivity contribution < 1.29 is 5.11 Å². The number of aliphatic hydroxyl groups is 1. The Kier molecular flexibility index (Phi) is 3.67. The summed E-state index contributed by atoms with van der Waals surface area (Å²) in [6.07, 6.45) is 3.97. The summed E-state index contributed by atoms with van der Waals surface area (Å²) in [6, 6.07) is 1.79. The van der Waals surface area contributed by atoms with Crippen LogP contribution in [-0.2, 0) is 0 Å². The second kappa shape index (κ2) is 5.62. The Morgan fingerprint density at radius 2 is 2.19 bits per heavy atom. The van der Waals surface area contributed by atoms with Crippen molar-refractivity contribution in [3.05, 3.63) is 18.5 Å². The van der Waals surface area contributed by atoms with E-state index in [0.717, 1.165) is 13.0 Å². The van der Waals surface area contributed by atoms with Crippen molar-refractivity contribution in [1.29, 1.82) is 0 Å². The molecule has 1 fully saturated rings. The molecule has 1 saturated heterocycles. The Labute approximate surface area is 121 Å². The Morgan fingerprint density at radius 3 is 2.81 bits per heavy atom. The van der Waals surface area contributed by atoms with Crippen molar-refractivity contribution in [1.82, 2.24) is 24.7 Å². The molecule has 0 radical (unpaired) electrons. The maximum absolute atomic E-state index is 9.70. The van der Waals surface area contributed by atoms with Crippen LogP contribution < -0.4 is 16.2 Å². The molecule has 9 nitrogen and oxygen atoms in total. The van der Waals surface area contributed by atoms with Gasteiger partial charge < -0.3 is 10.0 Å². The summed E-state index contributed by atoms with van der Waals surface area (Å²) in [6.45, 7) is 3.32. The van der Waals surface area contributed by atoms with Crippen LogP contribution in [0, 0.1) is 5.92 Å². The van der Waals surface area contributed by atoms with Gasteiger partial charge in [0.15, 0.2) is 0 Å². The number of nitrogens with one attached hydrogen (secondary N) is 1. The molecule has 9 heteroatoms. The van der Waals surface area contributed by atoms with Crippen molar-refractivity contribution in [2.45, 2.75) is 19.4 Å². The van der Waals surface area contributed by atoms with Gasteiger partial charge in [-0.1, -0.05) is 0 Å². The first kappa shape index (κ1) is 13.7. The molecule has 21 heavy (non-hydrogen) atoms. The van der Waals surface area contributed by atoms with Crippen LogP contribution >= 0.6 is 0 Å². The normalized spacial score (nSPS) is 19.8. The lowest BCUT2D eigenvalue weighted by molar-refractivity contribution is 0.136. The Hall–Kier alpha value is -2.26. The van der Waals surface area contributed by atoms with Crippen molar-refractivity contribution >= 4 is 11.9 Å². The van der Waals surface area contributed by atoms with Gasteiger partial charge in [-0.15, -0.1) is 0 Å². The monoisotopic (exact) mass is 290 g/mol. The molecule has 2 aromatic rings. The molecule has 0 saturated carbocycles. The number of aliphatic hydroxyl groups excluding tert-OH is 1. The maximum Gasteiger partial charge on any atom is 0.257 e. The molecule has 0 bridgehead atoms. The molecule has 3 heterocycles. The van der Waals surface area contributed by atoms with Crippen molar-refractivity contribution in [2.24, 2.45) is 11.8 Å². The Morgan fingerprint density at radius 1 is 1.38 bits per heavy atom. The highest BCUT2D eigenvalue weighted by Gasteiger charge is 2.28. The van der Waals surface area contributed by atoms with E-state index in [4.69, 9.17) is 5.84 Å². The van der Waals surface area contributed by atoms with Crippen LogP contribution in [0.25, 0.3) is 5.95 Å². The first-order valence-electron chi connectivity index (χ1n) is 6.83. The van der Waals surface area contributed by atoms with Gasteiger partial charge in [-0.25, -0.2) is 10.5 Å². The quantitative estimate of drug-likeness (QED) is 0.512. The fourth-order valence-electron chi connectivity index (χ4n) is 2.41. The van der Waals surface area contributed by atoms with E-state index in [9.17, 15) is 5.11 Å². The zero-order valence-electron chi connectivity index (χ0n) is 11.7. The number of nitrogen functional groups attached to an aromatic ring is 1. The van der Waals surface area contributed by atoms with Gasteiger partial charge in [0.2, 0.25) is 11.9 Å². The zero-order chi connectivity index (χ0) is 14.8. The van der Waals surface area contributed by atoms with Crippen LogP contribution in [0.4, 0.5) is 11.9 Å². The average Bonchev–Trinajstić information content (AvgIpc) is 3.18. The SMILES string of the molecule is CC(O)C1CCN(c2nc(NN)nc(-n3cccn3)n2)C1. The molecule has 0 spiro atoms. The number of hydrogen-bond donors (Lipinski definition) is 3. The van der Waals surface area contributed by atoms with Gasteiger partial charge in [-0.3, -0.25) is 5.43 Å². The minimum absolute atomic E-state index is 0.226. The minimum Gasteiger partial charge on any atom is -0.393 e. The number of aromatic nitrogens is 5. The van der Waals surface area contributed by atoms with Crippen LogP contribution in [0.3, 0.4) is 0 Å². The maximum atomic E-state index is 9.70. The van der Waals surface area contributed by atoms with E-state index in [1.54, 1.807) is 23.1 Å². The predicted octanol–water partition coefficient (Wildman–Crippen LogP) is -0.450. The van der Waals surface area contributed by atoms with E-state index >= 15 is 0 Å². The van der Waals surface area contributed by atoms with E-state index in [0.29, 0.717) is 18.4 Å². The lowest BCUT2D eigenvalue weighted by atomic mass is 10.0. The standard InChI is InChI=1S/C12H18N8O/c1-8(21)9-3-6-19(7-9)11-15-10(18-13)16-12(17-11)20-5-2-4-14-20/h2,4-5,8-9,21H,3,6-7,13H2,1H3,(H,15,16,17,18). The molecule has 0 aliphatic carbocycles. The van der Waals surface area contributed by atoms with E-state index in [1.807, 2.05) is 11.8 Å². The molecular weight excluding hydrogens is 272 g/mol. The number of hydrogen-bond acceptors (Lipinski definition) is 8. The van der Waals surface area contributed by atoms with Gasteiger partial charge >= 0.3 is 0 Å². The summed E-state index contributed by atoms with van der Waals surface area (Å²) in [5.41, 5.74) is 2.45. The molecule has 1 aliphatic rings.